The van der Waals surface area contributed by atoms with Crippen LogP contribution in [0.4, 0.5) is 17.1 Å². The summed E-state index contributed by atoms with van der Waals surface area (Å²) >= 11 is 0. The topological polar surface area (TPSA) is 29.5 Å². The fourth-order valence-electron chi connectivity index (χ4n) is 12.1. The first-order valence-electron chi connectivity index (χ1n) is 23.4. The Balaban J connectivity index is 1.05. The van der Waals surface area contributed by atoms with Crippen LogP contribution in [-0.2, 0) is 5.41 Å². The quantitative estimate of drug-likeness (QED) is 0.173. The van der Waals surface area contributed by atoms with E-state index in [1.807, 2.05) is 6.07 Å². The number of fused-ring (bicyclic) bond motifs is 17. The number of hydrogen-bond donors (Lipinski definition) is 0. The zero-order valence-electron chi connectivity index (χ0n) is 36.8. The average molecular weight is 866 g/mol. The van der Waals surface area contributed by atoms with Gasteiger partial charge in [0.05, 0.1) is 22.2 Å². The van der Waals surface area contributed by atoms with E-state index in [-0.39, 0.29) is 0 Å². The van der Waals surface area contributed by atoms with Crippen molar-refractivity contribution in [3.05, 3.63) is 259 Å². The lowest BCUT2D eigenvalue weighted by Crippen LogP contribution is -2.26. The summed E-state index contributed by atoms with van der Waals surface area (Å²) in [6.07, 6.45) is 0. The van der Waals surface area contributed by atoms with E-state index in [1.54, 1.807) is 0 Å². The molecular formula is C65H39NO2. The Morgan fingerprint density at radius 3 is 1.69 bits per heavy atom. The van der Waals surface area contributed by atoms with E-state index in [2.05, 4.69) is 235 Å². The van der Waals surface area contributed by atoms with Crippen molar-refractivity contribution < 1.29 is 8.83 Å². The van der Waals surface area contributed by atoms with Crippen molar-refractivity contribution in [3.63, 3.8) is 0 Å². The number of para-hydroxylation sites is 2. The van der Waals surface area contributed by atoms with E-state index in [1.165, 1.54) is 55.3 Å². The van der Waals surface area contributed by atoms with Gasteiger partial charge in [-0.3, -0.25) is 0 Å². The van der Waals surface area contributed by atoms with Gasteiger partial charge in [-0.25, -0.2) is 0 Å². The molecule has 68 heavy (non-hydrogen) atoms. The Bertz CT molecular complexity index is 4170. The second-order valence-corrected chi connectivity index (χ2v) is 18.2. The molecule has 0 atom stereocenters. The van der Waals surface area contributed by atoms with Crippen LogP contribution in [0.1, 0.15) is 22.3 Å². The number of nitrogens with zero attached hydrogens (tertiary/aromatic N) is 1. The highest BCUT2D eigenvalue weighted by Crippen LogP contribution is 2.63. The molecule has 1 spiro atoms. The first-order chi connectivity index (χ1) is 33.7. The van der Waals surface area contributed by atoms with Crippen molar-refractivity contribution in [1.82, 2.24) is 0 Å². The Kier molecular flexibility index (Phi) is 7.71. The van der Waals surface area contributed by atoms with E-state index >= 15 is 0 Å². The lowest BCUT2D eigenvalue weighted by molar-refractivity contribution is 0.664. The van der Waals surface area contributed by atoms with Crippen LogP contribution >= 0.6 is 0 Å². The van der Waals surface area contributed by atoms with Crippen LogP contribution in [0, 0.1) is 0 Å². The van der Waals surface area contributed by atoms with Gasteiger partial charge in [0.25, 0.3) is 0 Å². The van der Waals surface area contributed by atoms with Crippen LogP contribution in [0.15, 0.2) is 245 Å². The van der Waals surface area contributed by atoms with Crippen LogP contribution < -0.4 is 4.90 Å². The molecular weight excluding hydrogens is 827 g/mol. The summed E-state index contributed by atoms with van der Waals surface area (Å²) in [7, 11) is 0. The molecule has 11 aromatic carbocycles. The average Bonchev–Trinajstić information content (AvgIpc) is 4.14. The van der Waals surface area contributed by atoms with Crippen LogP contribution in [0.3, 0.4) is 0 Å². The minimum atomic E-state index is -0.504. The minimum Gasteiger partial charge on any atom is -0.456 e. The molecule has 15 rings (SSSR count). The van der Waals surface area contributed by atoms with Gasteiger partial charge in [0.1, 0.15) is 22.3 Å². The molecule has 0 saturated carbocycles. The lowest BCUT2D eigenvalue weighted by atomic mass is 9.70. The number of rotatable bonds is 5. The van der Waals surface area contributed by atoms with Gasteiger partial charge in [0.15, 0.2) is 0 Å². The first-order valence-corrected chi connectivity index (χ1v) is 23.4. The van der Waals surface area contributed by atoms with Gasteiger partial charge in [-0.2, -0.15) is 0 Å². The lowest BCUT2D eigenvalue weighted by Gasteiger charge is -2.33. The molecule has 0 amide bonds. The number of benzene rings is 11. The second kappa shape index (κ2) is 14.0. The monoisotopic (exact) mass is 865 g/mol. The molecule has 2 heterocycles. The molecule has 13 aromatic rings. The standard InChI is InChI=1S/C65H39NO2/c1-2-18-41(19-3-1)45-21-9-14-29-56(45)66(44-35-36-49-48-24-8-13-28-54(48)65(55(49)38-44)52-26-11-6-22-46(52)47-23-7-12-27-53(47)65)57-30-16-32-59-62(57)51-39-60-63(50-25-10-15-31-58(50)67-60)61(64(51)68-59)43-34-33-40-17-4-5-20-42(40)37-43/h1-39H. The largest absolute Gasteiger partial charge is 0.456 e. The third-order valence-corrected chi connectivity index (χ3v) is 14.9. The zero-order valence-corrected chi connectivity index (χ0v) is 36.8. The molecule has 0 unspecified atom stereocenters. The maximum absolute atomic E-state index is 7.26. The highest BCUT2D eigenvalue weighted by atomic mass is 16.3. The summed E-state index contributed by atoms with van der Waals surface area (Å²) in [6.45, 7) is 0. The predicted molar refractivity (Wildman–Crippen MR) is 280 cm³/mol. The minimum absolute atomic E-state index is 0.504. The number of hydrogen-bond acceptors (Lipinski definition) is 3. The van der Waals surface area contributed by atoms with Crippen LogP contribution in [0.2, 0.25) is 0 Å². The van der Waals surface area contributed by atoms with Gasteiger partial charge in [-0.15, -0.1) is 0 Å². The van der Waals surface area contributed by atoms with Crippen molar-refractivity contribution >= 4 is 71.7 Å². The van der Waals surface area contributed by atoms with E-state index in [0.29, 0.717) is 0 Å². The molecule has 0 aliphatic heterocycles. The molecule has 0 N–H and O–H groups in total. The normalized spacial score (nSPS) is 13.1. The highest BCUT2D eigenvalue weighted by Gasteiger charge is 2.51. The summed E-state index contributed by atoms with van der Waals surface area (Å²) in [5.41, 5.74) is 20.7. The Morgan fingerprint density at radius 1 is 0.324 bits per heavy atom. The third kappa shape index (κ3) is 5.02. The SMILES string of the molecule is c1ccc(-c2ccccc2N(c2ccc3c(c2)C2(c4ccccc4-c4ccccc42)c2ccccc2-3)c2cccc3oc4c(-c5ccc6ccccc6c5)c5c(cc4c23)oc2ccccc25)cc1. The Hall–Kier alpha value is -8.92. The summed E-state index contributed by atoms with van der Waals surface area (Å²) in [5, 5.41) is 6.50. The van der Waals surface area contributed by atoms with Crippen LogP contribution in [-0.4, -0.2) is 0 Å². The molecule has 2 aliphatic rings. The van der Waals surface area contributed by atoms with Crippen molar-refractivity contribution in [2.75, 3.05) is 4.90 Å². The molecule has 3 heteroatoms. The van der Waals surface area contributed by atoms with Crippen molar-refractivity contribution in [2.45, 2.75) is 5.41 Å². The van der Waals surface area contributed by atoms with Crippen molar-refractivity contribution in [1.29, 1.82) is 0 Å². The maximum atomic E-state index is 7.26. The van der Waals surface area contributed by atoms with Crippen molar-refractivity contribution in [2.24, 2.45) is 0 Å². The fraction of sp³-hybridized carbons (Fsp3) is 0.0154. The van der Waals surface area contributed by atoms with E-state index in [0.717, 1.165) is 83.2 Å². The molecule has 0 bridgehead atoms. The fourth-order valence-corrected chi connectivity index (χ4v) is 12.1. The summed E-state index contributed by atoms with van der Waals surface area (Å²) in [6, 6.07) is 86.2. The van der Waals surface area contributed by atoms with Crippen molar-refractivity contribution in [3.8, 4) is 44.5 Å². The molecule has 2 aromatic heterocycles. The van der Waals surface area contributed by atoms with E-state index < -0.39 is 5.41 Å². The Morgan fingerprint density at radius 2 is 0.926 bits per heavy atom. The first kappa shape index (κ1) is 37.3. The van der Waals surface area contributed by atoms with Crippen LogP contribution in [0.25, 0.3) is 99.2 Å². The molecule has 0 saturated heterocycles. The van der Waals surface area contributed by atoms with Gasteiger partial charge in [-0.05, 0) is 115 Å². The second-order valence-electron chi connectivity index (χ2n) is 18.2. The van der Waals surface area contributed by atoms with E-state index in [9.17, 15) is 0 Å². The zero-order chi connectivity index (χ0) is 44.5. The maximum Gasteiger partial charge on any atom is 0.144 e. The molecule has 316 valence electrons. The number of anilines is 3. The van der Waals surface area contributed by atoms with Gasteiger partial charge >= 0.3 is 0 Å². The molecule has 0 fully saturated rings. The molecule has 0 radical (unpaired) electrons. The summed E-state index contributed by atoms with van der Waals surface area (Å²) in [4.78, 5) is 2.47. The molecule has 2 aliphatic carbocycles. The van der Waals surface area contributed by atoms with E-state index in [4.69, 9.17) is 8.83 Å². The van der Waals surface area contributed by atoms with Gasteiger partial charge in [0.2, 0.25) is 0 Å². The van der Waals surface area contributed by atoms with Gasteiger partial charge < -0.3 is 13.7 Å². The van der Waals surface area contributed by atoms with Gasteiger partial charge in [-0.1, -0.05) is 188 Å². The highest BCUT2D eigenvalue weighted by molar-refractivity contribution is 6.26. The third-order valence-electron chi connectivity index (χ3n) is 14.9. The molecule has 3 nitrogen and oxygen atoms in total. The smallest absolute Gasteiger partial charge is 0.144 e. The van der Waals surface area contributed by atoms with Gasteiger partial charge in [0, 0.05) is 33.0 Å². The Labute approximate surface area is 392 Å². The number of furan rings is 2. The summed E-state index contributed by atoms with van der Waals surface area (Å²) < 4.78 is 14.1. The predicted octanol–water partition coefficient (Wildman–Crippen LogP) is 17.8. The summed E-state index contributed by atoms with van der Waals surface area (Å²) in [5.74, 6) is 0. The van der Waals surface area contributed by atoms with Crippen LogP contribution in [0.5, 0.6) is 0 Å².